The highest BCUT2D eigenvalue weighted by molar-refractivity contribution is 5.61. The van der Waals surface area contributed by atoms with Gasteiger partial charge < -0.3 is 14.6 Å². The quantitative estimate of drug-likeness (QED) is 0.676. The Morgan fingerprint density at radius 2 is 1.78 bits per heavy atom. The van der Waals surface area contributed by atoms with Crippen molar-refractivity contribution in [2.75, 3.05) is 18.1 Å². The van der Waals surface area contributed by atoms with E-state index < -0.39 is 0 Å². The van der Waals surface area contributed by atoms with Gasteiger partial charge in [-0.3, -0.25) is 0 Å². The second kappa shape index (κ2) is 7.57. The Balaban J connectivity index is 1.64. The van der Waals surface area contributed by atoms with Crippen LogP contribution in [0.2, 0.25) is 0 Å². The van der Waals surface area contributed by atoms with E-state index in [2.05, 4.69) is 60.1 Å². The molecular weight excluding hydrogens is 339 g/mol. The number of nitrogens with one attached hydrogen (secondary N) is 1. The van der Waals surface area contributed by atoms with Gasteiger partial charge in [0.05, 0.1) is 18.8 Å². The molecule has 1 aliphatic rings. The van der Waals surface area contributed by atoms with E-state index in [9.17, 15) is 4.39 Å². The molecule has 4 heteroatoms. The van der Waals surface area contributed by atoms with Gasteiger partial charge in [0.25, 0.3) is 0 Å². The molecule has 3 nitrogen and oxygen atoms in total. The Bertz CT molecular complexity index is 886. The molecule has 0 radical (unpaired) electrons. The number of aromatic amines is 1. The van der Waals surface area contributed by atoms with E-state index in [0.29, 0.717) is 6.61 Å². The number of hydrogen-bond acceptors (Lipinski definition) is 2. The van der Waals surface area contributed by atoms with Crippen LogP contribution in [-0.4, -0.2) is 24.2 Å². The smallest absolute Gasteiger partial charge is 0.123 e. The maximum absolute atomic E-state index is 13.3. The highest BCUT2D eigenvalue weighted by Gasteiger charge is 2.32. The summed E-state index contributed by atoms with van der Waals surface area (Å²) in [4.78, 5) is 5.88. The van der Waals surface area contributed by atoms with E-state index in [1.165, 1.54) is 23.3 Å². The average molecular weight is 364 g/mol. The number of hydrogen-bond donors (Lipinski definition) is 1. The number of nitrogens with zero attached hydrogens (tertiary/aromatic N) is 1. The van der Waals surface area contributed by atoms with Crippen molar-refractivity contribution in [3.8, 4) is 11.3 Å². The van der Waals surface area contributed by atoms with Gasteiger partial charge in [0.15, 0.2) is 0 Å². The minimum atomic E-state index is -0.214. The molecule has 4 rings (SSSR count). The number of aryl methyl sites for hydroxylation is 1. The van der Waals surface area contributed by atoms with Gasteiger partial charge in [0, 0.05) is 23.6 Å². The third-order valence-electron chi connectivity index (χ3n) is 5.35. The van der Waals surface area contributed by atoms with Crippen LogP contribution in [-0.2, 0) is 11.2 Å². The molecule has 140 valence electrons. The summed E-state index contributed by atoms with van der Waals surface area (Å²) in [5.74, 6) is -0.214. The molecule has 0 saturated carbocycles. The van der Waals surface area contributed by atoms with Gasteiger partial charge in [0.1, 0.15) is 5.82 Å². The number of morpholine rings is 1. The van der Waals surface area contributed by atoms with Crippen molar-refractivity contribution in [2.45, 2.75) is 32.4 Å². The van der Waals surface area contributed by atoms with Crippen LogP contribution in [0, 0.1) is 5.82 Å². The number of aromatic nitrogens is 1. The van der Waals surface area contributed by atoms with Gasteiger partial charge in [-0.2, -0.15) is 0 Å². The van der Waals surface area contributed by atoms with Crippen molar-refractivity contribution in [2.24, 2.45) is 0 Å². The maximum Gasteiger partial charge on any atom is 0.123 e. The fourth-order valence-electron chi connectivity index (χ4n) is 3.84. The summed E-state index contributed by atoms with van der Waals surface area (Å²) in [7, 11) is 0. The van der Waals surface area contributed by atoms with Crippen LogP contribution in [0.4, 0.5) is 10.1 Å². The topological polar surface area (TPSA) is 28.3 Å². The molecule has 1 aromatic heterocycles. The lowest BCUT2D eigenvalue weighted by Crippen LogP contribution is -2.44. The lowest BCUT2D eigenvalue weighted by molar-refractivity contribution is 0.0222. The zero-order valence-electron chi connectivity index (χ0n) is 15.8. The van der Waals surface area contributed by atoms with Gasteiger partial charge in [-0.1, -0.05) is 31.2 Å². The Morgan fingerprint density at radius 3 is 2.48 bits per heavy atom. The number of anilines is 1. The number of ether oxygens (including phenoxy) is 1. The molecule has 1 fully saturated rings. The molecule has 3 aromatic rings. The minimum Gasteiger partial charge on any atom is -0.374 e. The summed E-state index contributed by atoms with van der Waals surface area (Å²) < 4.78 is 19.3. The first-order chi connectivity index (χ1) is 13.2. The highest BCUT2D eigenvalue weighted by Crippen LogP contribution is 2.34. The Labute approximate surface area is 159 Å². The molecule has 1 aliphatic heterocycles. The second-order valence-electron chi connectivity index (χ2n) is 7.07. The van der Waals surface area contributed by atoms with Crippen LogP contribution in [0.1, 0.15) is 31.1 Å². The van der Waals surface area contributed by atoms with Crippen molar-refractivity contribution < 1.29 is 9.13 Å². The number of rotatable bonds is 4. The lowest BCUT2D eigenvalue weighted by atomic mass is 10.0. The van der Waals surface area contributed by atoms with E-state index in [-0.39, 0.29) is 18.0 Å². The molecule has 27 heavy (non-hydrogen) atoms. The molecular formula is C23H25FN2O. The zero-order chi connectivity index (χ0) is 18.8. The van der Waals surface area contributed by atoms with Gasteiger partial charge >= 0.3 is 0 Å². The molecule has 2 heterocycles. The second-order valence-corrected chi connectivity index (χ2v) is 7.07. The third-order valence-corrected chi connectivity index (χ3v) is 5.35. The van der Waals surface area contributed by atoms with E-state index in [1.54, 1.807) is 0 Å². The van der Waals surface area contributed by atoms with E-state index in [4.69, 9.17) is 4.74 Å². The van der Waals surface area contributed by atoms with Crippen LogP contribution < -0.4 is 4.90 Å². The van der Waals surface area contributed by atoms with Gasteiger partial charge in [-0.25, -0.2) is 4.39 Å². The molecule has 2 aromatic carbocycles. The summed E-state index contributed by atoms with van der Waals surface area (Å²) >= 11 is 0. The summed E-state index contributed by atoms with van der Waals surface area (Å²) in [5, 5.41) is 0. The fraction of sp³-hybridized carbons (Fsp3) is 0.304. The molecule has 1 N–H and O–H groups in total. The largest absolute Gasteiger partial charge is 0.374 e. The van der Waals surface area contributed by atoms with Crippen LogP contribution in [0.3, 0.4) is 0 Å². The molecule has 0 bridgehead atoms. The van der Waals surface area contributed by atoms with Crippen molar-refractivity contribution in [1.82, 2.24) is 4.98 Å². The Kier molecular flexibility index (Phi) is 4.99. The number of halogens is 1. The standard InChI is InChI=1S/C23H25FN2O/c1-3-17-4-6-18(7-5-17)21-12-13-22(25-21)23-16(2)27-15-14-26(23)20-10-8-19(24)9-11-20/h4-13,16,23,25H,3,14-15H2,1-2H3. The zero-order valence-corrected chi connectivity index (χ0v) is 15.8. The van der Waals surface area contributed by atoms with Gasteiger partial charge in [-0.05, 0) is 60.9 Å². The predicted molar refractivity (Wildman–Crippen MR) is 108 cm³/mol. The first-order valence-electron chi connectivity index (χ1n) is 9.57. The summed E-state index contributed by atoms with van der Waals surface area (Å²) in [6.45, 7) is 5.70. The minimum absolute atomic E-state index is 0.0396. The molecule has 0 amide bonds. The van der Waals surface area contributed by atoms with Crippen LogP contribution in [0.15, 0.2) is 60.7 Å². The summed E-state index contributed by atoms with van der Waals surface area (Å²) in [6.07, 6.45) is 1.08. The Morgan fingerprint density at radius 1 is 1.04 bits per heavy atom. The maximum atomic E-state index is 13.3. The van der Waals surface area contributed by atoms with Gasteiger partial charge in [-0.15, -0.1) is 0 Å². The fourth-order valence-corrected chi connectivity index (χ4v) is 3.84. The van der Waals surface area contributed by atoms with E-state index in [1.807, 2.05) is 12.1 Å². The van der Waals surface area contributed by atoms with E-state index in [0.717, 1.165) is 30.0 Å². The highest BCUT2D eigenvalue weighted by atomic mass is 19.1. The van der Waals surface area contributed by atoms with Crippen molar-refractivity contribution in [3.63, 3.8) is 0 Å². The third kappa shape index (κ3) is 3.62. The Hall–Kier alpha value is -2.59. The summed E-state index contributed by atoms with van der Waals surface area (Å²) in [5.41, 5.74) is 5.74. The first kappa shape index (κ1) is 17.8. The van der Waals surface area contributed by atoms with Crippen molar-refractivity contribution in [3.05, 3.63) is 77.7 Å². The van der Waals surface area contributed by atoms with Crippen molar-refractivity contribution >= 4 is 5.69 Å². The molecule has 2 unspecified atom stereocenters. The molecule has 0 spiro atoms. The summed E-state index contributed by atoms with van der Waals surface area (Å²) in [6, 6.07) is 19.7. The molecule has 2 atom stereocenters. The molecule has 1 saturated heterocycles. The van der Waals surface area contributed by atoms with Crippen LogP contribution >= 0.6 is 0 Å². The van der Waals surface area contributed by atoms with E-state index >= 15 is 0 Å². The van der Waals surface area contributed by atoms with Gasteiger partial charge in [0.2, 0.25) is 0 Å². The first-order valence-corrected chi connectivity index (χ1v) is 9.57. The monoisotopic (exact) mass is 364 g/mol. The average Bonchev–Trinajstić information content (AvgIpc) is 3.18. The lowest BCUT2D eigenvalue weighted by Gasteiger charge is -2.41. The van der Waals surface area contributed by atoms with Crippen LogP contribution in [0.5, 0.6) is 0 Å². The van der Waals surface area contributed by atoms with Crippen LogP contribution in [0.25, 0.3) is 11.3 Å². The molecule has 0 aliphatic carbocycles. The van der Waals surface area contributed by atoms with Crippen molar-refractivity contribution in [1.29, 1.82) is 0 Å². The SMILES string of the molecule is CCc1ccc(-c2ccc(C3C(C)OCCN3c3ccc(F)cc3)[nH]2)cc1. The number of benzene rings is 2. The normalized spacial score (nSPS) is 20.0. The number of H-pyrrole nitrogens is 1. The predicted octanol–water partition coefficient (Wildman–Crippen LogP) is 5.35.